The van der Waals surface area contributed by atoms with Crippen LogP contribution in [0.25, 0.3) is 0 Å². The third kappa shape index (κ3) is 2.97. The van der Waals surface area contributed by atoms with Crippen LogP contribution in [0.15, 0.2) is 23.0 Å². The first kappa shape index (κ1) is 11.5. The van der Waals surface area contributed by atoms with Crippen LogP contribution in [0.2, 0.25) is 0 Å². The highest BCUT2D eigenvalue weighted by Crippen LogP contribution is 2.12. The first-order valence-electron chi connectivity index (χ1n) is 4.83. The second kappa shape index (κ2) is 4.33. The van der Waals surface area contributed by atoms with Gasteiger partial charge >= 0.3 is 0 Å². The quantitative estimate of drug-likeness (QED) is 0.751. The van der Waals surface area contributed by atoms with Crippen LogP contribution < -0.4 is 5.56 Å². The molecule has 3 heteroatoms. The lowest BCUT2D eigenvalue weighted by molar-refractivity contribution is 0.203. The molecule has 0 fully saturated rings. The Morgan fingerprint density at radius 2 is 2.20 bits per heavy atom. The first-order chi connectivity index (χ1) is 6.95. The SMILES string of the molecule is C#CC(C)(C)N(C)Cc1cccc(=O)[nH]1. The Hall–Kier alpha value is -1.53. The van der Waals surface area contributed by atoms with Crippen molar-refractivity contribution in [3.8, 4) is 12.3 Å². The van der Waals surface area contributed by atoms with Crippen LogP contribution in [0.5, 0.6) is 0 Å². The van der Waals surface area contributed by atoms with Crippen molar-refractivity contribution in [3.63, 3.8) is 0 Å². The summed E-state index contributed by atoms with van der Waals surface area (Å²) in [6, 6.07) is 5.12. The van der Waals surface area contributed by atoms with E-state index in [0.717, 1.165) is 5.69 Å². The molecule has 1 N–H and O–H groups in total. The monoisotopic (exact) mass is 204 g/mol. The van der Waals surface area contributed by atoms with E-state index in [1.54, 1.807) is 6.07 Å². The van der Waals surface area contributed by atoms with Crippen molar-refractivity contribution in [2.24, 2.45) is 0 Å². The van der Waals surface area contributed by atoms with Gasteiger partial charge in [-0.15, -0.1) is 6.42 Å². The number of rotatable bonds is 3. The topological polar surface area (TPSA) is 36.1 Å². The van der Waals surface area contributed by atoms with Crippen LogP contribution in [-0.4, -0.2) is 22.5 Å². The Balaban J connectivity index is 2.80. The molecule has 0 spiro atoms. The van der Waals surface area contributed by atoms with E-state index in [2.05, 4.69) is 10.9 Å². The zero-order valence-electron chi connectivity index (χ0n) is 9.37. The minimum Gasteiger partial charge on any atom is -0.325 e. The molecule has 0 aliphatic rings. The Morgan fingerprint density at radius 1 is 1.53 bits per heavy atom. The largest absolute Gasteiger partial charge is 0.325 e. The summed E-state index contributed by atoms with van der Waals surface area (Å²) in [4.78, 5) is 15.9. The van der Waals surface area contributed by atoms with Crippen molar-refractivity contribution in [2.45, 2.75) is 25.9 Å². The van der Waals surface area contributed by atoms with Gasteiger partial charge in [0.05, 0.1) is 5.54 Å². The molecule has 0 saturated carbocycles. The highest BCUT2D eigenvalue weighted by atomic mass is 16.1. The number of pyridine rings is 1. The number of terminal acetylenes is 1. The van der Waals surface area contributed by atoms with Crippen LogP contribution in [0.3, 0.4) is 0 Å². The highest BCUT2D eigenvalue weighted by Gasteiger charge is 2.20. The molecule has 0 saturated heterocycles. The summed E-state index contributed by atoms with van der Waals surface area (Å²) in [7, 11) is 1.94. The van der Waals surface area contributed by atoms with E-state index in [-0.39, 0.29) is 11.1 Å². The van der Waals surface area contributed by atoms with E-state index in [9.17, 15) is 4.79 Å². The van der Waals surface area contributed by atoms with Crippen LogP contribution in [-0.2, 0) is 6.54 Å². The Bertz CT molecular complexity index is 426. The van der Waals surface area contributed by atoms with E-state index in [1.807, 2.05) is 31.9 Å². The first-order valence-corrected chi connectivity index (χ1v) is 4.83. The van der Waals surface area contributed by atoms with Crippen molar-refractivity contribution in [2.75, 3.05) is 7.05 Å². The summed E-state index contributed by atoms with van der Waals surface area (Å²) < 4.78 is 0. The summed E-state index contributed by atoms with van der Waals surface area (Å²) in [5.74, 6) is 2.71. The van der Waals surface area contributed by atoms with E-state index >= 15 is 0 Å². The van der Waals surface area contributed by atoms with E-state index in [4.69, 9.17) is 6.42 Å². The van der Waals surface area contributed by atoms with Gasteiger partial charge in [0.25, 0.3) is 0 Å². The summed E-state index contributed by atoms with van der Waals surface area (Å²) in [6.07, 6.45) is 5.43. The zero-order valence-corrected chi connectivity index (χ0v) is 9.37. The molecule has 0 aliphatic heterocycles. The fraction of sp³-hybridized carbons (Fsp3) is 0.417. The van der Waals surface area contributed by atoms with Gasteiger partial charge in [-0.25, -0.2) is 0 Å². The number of nitrogens with one attached hydrogen (secondary N) is 1. The summed E-state index contributed by atoms with van der Waals surface area (Å²) in [5, 5.41) is 0. The molecule has 80 valence electrons. The van der Waals surface area contributed by atoms with Gasteiger partial charge in [-0.2, -0.15) is 0 Å². The molecule has 0 aliphatic carbocycles. The zero-order chi connectivity index (χ0) is 11.5. The Kier molecular flexibility index (Phi) is 3.33. The molecule has 3 nitrogen and oxygen atoms in total. The average Bonchev–Trinajstić information content (AvgIpc) is 2.17. The number of nitrogens with zero attached hydrogens (tertiary/aromatic N) is 1. The lowest BCUT2D eigenvalue weighted by Crippen LogP contribution is -2.39. The van der Waals surface area contributed by atoms with Crippen molar-refractivity contribution in [3.05, 3.63) is 34.2 Å². The van der Waals surface area contributed by atoms with Crippen molar-refractivity contribution in [1.29, 1.82) is 0 Å². The average molecular weight is 204 g/mol. The van der Waals surface area contributed by atoms with Gasteiger partial charge in [0.1, 0.15) is 0 Å². The second-order valence-corrected chi connectivity index (χ2v) is 4.10. The molecule has 0 aromatic carbocycles. The standard InChI is InChI=1S/C12H16N2O/c1-5-12(2,3)14(4)9-10-7-6-8-11(15)13-10/h1,6-8H,9H2,2-4H3,(H,13,15). The maximum absolute atomic E-state index is 11.1. The third-order valence-electron chi connectivity index (χ3n) is 2.54. The minimum absolute atomic E-state index is 0.0839. The fourth-order valence-corrected chi connectivity index (χ4v) is 1.15. The van der Waals surface area contributed by atoms with Gasteiger partial charge < -0.3 is 4.98 Å². The minimum atomic E-state index is -0.313. The van der Waals surface area contributed by atoms with Crippen molar-refractivity contribution < 1.29 is 0 Å². The number of aromatic nitrogens is 1. The number of aromatic amines is 1. The van der Waals surface area contributed by atoms with Gasteiger partial charge in [0, 0.05) is 18.3 Å². The third-order valence-corrected chi connectivity index (χ3v) is 2.54. The van der Waals surface area contributed by atoms with Crippen LogP contribution in [0.4, 0.5) is 0 Å². The molecule has 15 heavy (non-hydrogen) atoms. The van der Waals surface area contributed by atoms with Crippen LogP contribution in [0, 0.1) is 12.3 Å². The number of hydrogen-bond donors (Lipinski definition) is 1. The Labute approximate surface area is 90.1 Å². The van der Waals surface area contributed by atoms with Crippen molar-refractivity contribution in [1.82, 2.24) is 9.88 Å². The van der Waals surface area contributed by atoms with E-state index in [0.29, 0.717) is 6.54 Å². The molecule has 1 rings (SSSR count). The van der Waals surface area contributed by atoms with E-state index in [1.165, 1.54) is 6.07 Å². The van der Waals surface area contributed by atoms with Crippen LogP contribution >= 0.6 is 0 Å². The lowest BCUT2D eigenvalue weighted by atomic mass is 10.1. The molecule has 0 amide bonds. The fourth-order valence-electron chi connectivity index (χ4n) is 1.15. The van der Waals surface area contributed by atoms with Gasteiger partial charge in [-0.3, -0.25) is 9.69 Å². The van der Waals surface area contributed by atoms with E-state index < -0.39 is 0 Å². The number of hydrogen-bond acceptors (Lipinski definition) is 2. The predicted octanol–water partition coefficient (Wildman–Crippen LogP) is 1.22. The summed E-state index contributed by atoms with van der Waals surface area (Å²) >= 11 is 0. The van der Waals surface area contributed by atoms with Gasteiger partial charge in [-0.05, 0) is 27.0 Å². The maximum atomic E-state index is 11.1. The molecule has 1 aromatic rings. The normalized spacial score (nSPS) is 11.4. The molecule has 1 heterocycles. The van der Waals surface area contributed by atoms with Crippen molar-refractivity contribution >= 4 is 0 Å². The molecule has 1 aromatic heterocycles. The molecule has 0 atom stereocenters. The maximum Gasteiger partial charge on any atom is 0.248 e. The van der Waals surface area contributed by atoms with Crippen LogP contribution in [0.1, 0.15) is 19.5 Å². The highest BCUT2D eigenvalue weighted by molar-refractivity contribution is 5.10. The number of H-pyrrole nitrogens is 1. The molecule has 0 radical (unpaired) electrons. The van der Waals surface area contributed by atoms with Gasteiger partial charge in [0.15, 0.2) is 0 Å². The smallest absolute Gasteiger partial charge is 0.248 e. The molecule has 0 unspecified atom stereocenters. The van der Waals surface area contributed by atoms with Gasteiger partial charge in [0.2, 0.25) is 5.56 Å². The molecular formula is C12H16N2O. The molecular weight excluding hydrogens is 188 g/mol. The Morgan fingerprint density at radius 3 is 2.73 bits per heavy atom. The lowest BCUT2D eigenvalue weighted by Gasteiger charge is -2.30. The predicted molar refractivity (Wildman–Crippen MR) is 61.4 cm³/mol. The summed E-state index contributed by atoms with van der Waals surface area (Å²) in [6.45, 7) is 4.56. The molecule has 0 bridgehead atoms. The van der Waals surface area contributed by atoms with Gasteiger partial charge in [-0.1, -0.05) is 12.0 Å². The summed E-state index contributed by atoms with van der Waals surface area (Å²) in [5.41, 5.74) is 0.472. The second-order valence-electron chi connectivity index (χ2n) is 4.10.